The van der Waals surface area contributed by atoms with Crippen LogP contribution in [0.2, 0.25) is 0 Å². The first kappa shape index (κ1) is 15.7. The van der Waals surface area contributed by atoms with Crippen LogP contribution in [0.15, 0.2) is 0 Å². The standard InChI is InChI=1S/C12H22N2O5/c1-11(2,3)12(9(17)13(4)5)8(16)7(15)6-14(12)10(18)19/h7-8,15-16H,6H2,1-5H3,(H,18,19)/t7?,8?,12-/m0/s1. The lowest BCUT2D eigenvalue weighted by atomic mass is 9.69. The number of aliphatic hydroxyl groups excluding tert-OH is 2. The highest BCUT2D eigenvalue weighted by molar-refractivity contribution is 5.92. The summed E-state index contributed by atoms with van der Waals surface area (Å²) in [5, 5.41) is 29.4. The summed E-state index contributed by atoms with van der Waals surface area (Å²) in [4.78, 5) is 26.0. The van der Waals surface area contributed by atoms with E-state index in [-0.39, 0.29) is 6.54 Å². The molecule has 1 fully saturated rings. The third-order valence-electron chi connectivity index (χ3n) is 3.69. The summed E-state index contributed by atoms with van der Waals surface area (Å²) < 4.78 is 0. The molecule has 0 spiro atoms. The zero-order valence-electron chi connectivity index (χ0n) is 11.9. The first-order valence-electron chi connectivity index (χ1n) is 6.06. The predicted molar refractivity (Wildman–Crippen MR) is 67.6 cm³/mol. The van der Waals surface area contributed by atoms with Gasteiger partial charge < -0.3 is 20.2 Å². The van der Waals surface area contributed by atoms with Crippen molar-refractivity contribution < 1.29 is 24.9 Å². The topological polar surface area (TPSA) is 101 Å². The van der Waals surface area contributed by atoms with Crippen LogP contribution in [0.1, 0.15) is 20.8 Å². The molecule has 19 heavy (non-hydrogen) atoms. The van der Waals surface area contributed by atoms with Gasteiger partial charge in [0.05, 0.1) is 6.54 Å². The zero-order valence-corrected chi connectivity index (χ0v) is 11.9. The average molecular weight is 274 g/mol. The number of likely N-dealkylation sites (tertiary alicyclic amines) is 1. The van der Waals surface area contributed by atoms with Crippen LogP contribution < -0.4 is 0 Å². The van der Waals surface area contributed by atoms with Crippen molar-refractivity contribution in [3.8, 4) is 0 Å². The fourth-order valence-corrected chi connectivity index (χ4v) is 2.85. The van der Waals surface area contributed by atoms with Gasteiger partial charge in [0.2, 0.25) is 0 Å². The van der Waals surface area contributed by atoms with Crippen molar-refractivity contribution in [2.24, 2.45) is 5.41 Å². The van der Waals surface area contributed by atoms with Crippen LogP contribution in [0.3, 0.4) is 0 Å². The van der Waals surface area contributed by atoms with Gasteiger partial charge >= 0.3 is 6.09 Å². The van der Waals surface area contributed by atoms with E-state index in [0.29, 0.717) is 0 Å². The first-order valence-corrected chi connectivity index (χ1v) is 6.06. The maximum Gasteiger partial charge on any atom is 0.408 e. The number of aliphatic hydroxyl groups is 2. The van der Waals surface area contributed by atoms with Crippen LogP contribution in [0.5, 0.6) is 0 Å². The molecule has 0 saturated carbocycles. The van der Waals surface area contributed by atoms with Crippen molar-refractivity contribution in [3.63, 3.8) is 0 Å². The van der Waals surface area contributed by atoms with Gasteiger partial charge in [-0.15, -0.1) is 0 Å². The van der Waals surface area contributed by atoms with Crippen LogP contribution >= 0.6 is 0 Å². The van der Waals surface area contributed by atoms with E-state index in [1.165, 1.54) is 19.0 Å². The second kappa shape index (κ2) is 4.64. The Morgan fingerprint density at radius 2 is 1.74 bits per heavy atom. The van der Waals surface area contributed by atoms with Crippen LogP contribution in [0.4, 0.5) is 4.79 Å². The maximum absolute atomic E-state index is 12.5. The average Bonchev–Trinajstić information content (AvgIpc) is 2.51. The van der Waals surface area contributed by atoms with E-state index in [2.05, 4.69) is 0 Å². The molecule has 0 aromatic heterocycles. The minimum atomic E-state index is -1.69. The summed E-state index contributed by atoms with van der Waals surface area (Å²) >= 11 is 0. The van der Waals surface area contributed by atoms with Gasteiger partial charge in [-0.05, 0) is 5.41 Å². The highest BCUT2D eigenvalue weighted by atomic mass is 16.4. The summed E-state index contributed by atoms with van der Waals surface area (Å²) in [5.41, 5.74) is -2.56. The maximum atomic E-state index is 12.5. The number of carbonyl (C=O) groups is 2. The second-order valence-corrected chi connectivity index (χ2v) is 6.12. The van der Waals surface area contributed by atoms with Gasteiger partial charge in [0.1, 0.15) is 12.2 Å². The molecular weight excluding hydrogens is 252 g/mol. The quantitative estimate of drug-likeness (QED) is 0.602. The van der Waals surface area contributed by atoms with Crippen LogP contribution in [0, 0.1) is 5.41 Å². The number of hydrogen-bond acceptors (Lipinski definition) is 4. The highest BCUT2D eigenvalue weighted by Crippen LogP contribution is 2.45. The Labute approximate surface area is 112 Å². The Morgan fingerprint density at radius 1 is 1.26 bits per heavy atom. The molecule has 1 heterocycles. The summed E-state index contributed by atoms with van der Waals surface area (Å²) in [5.74, 6) is -0.536. The molecule has 7 heteroatoms. The van der Waals surface area contributed by atoms with Gasteiger partial charge in [0.15, 0.2) is 5.54 Å². The fraction of sp³-hybridized carbons (Fsp3) is 0.833. The Hall–Kier alpha value is -1.34. The summed E-state index contributed by atoms with van der Waals surface area (Å²) in [6.07, 6.45) is -4.07. The van der Waals surface area contributed by atoms with Crippen molar-refractivity contribution in [1.29, 1.82) is 0 Å². The molecule has 2 amide bonds. The van der Waals surface area contributed by atoms with Crippen LogP contribution in [-0.4, -0.2) is 75.5 Å². The van der Waals surface area contributed by atoms with Gasteiger partial charge in [-0.2, -0.15) is 0 Å². The smallest absolute Gasteiger partial charge is 0.408 e. The number of likely N-dealkylation sites (N-methyl/N-ethyl adjacent to an activating group) is 1. The van der Waals surface area contributed by atoms with E-state index in [1.54, 1.807) is 20.8 Å². The molecule has 3 N–H and O–H groups in total. The van der Waals surface area contributed by atoms with Crippen LogP contribution in [0.25, 0.3) is 0 Å². The Bertz CT molecular complexity index is 390. The van der Waals surface area contributed by atoms with E-state index in [9.17, 15) is 24.9 Å². The highest BCUT2D eigenvalue weighted by Gasteiger charge is 2.66. The number of nitrogens with zero attached hydrogens (tertiary/aromatic N) is 2. The van der Waals surface area contributed by atoms with Gasteiger partial charge in [-0.25, -0.2) is 4.79 Å². The lowest BCUT2D eigenvalue weighted by Gasteiger charge is -2.48. The molecule has 0 aromatic rings. The van der Waals surface area contributed by atoms with E-state index >= 15 is 0 Å². The monoisotopic (exact) mass is 274 g/mol. The van der Waals surface area contributed by atoms with Gasteiger partial charge in [-0.3, -0.25) is 9.69 Å². The molecule has 0 radical (unpaired) electrons. The number of hydrogen-bond donors (Lipinski definition) is 3. The van der Waals surface area contributed by atoms with Crippen molar-refractivity contribution in [3.05, 3.63) is 0 Å². The van der Waals surface area contributed by atoms with E-state index < -0.39 is 35.2 Å². The molecule has 0 aliphatic carbocycles. The molecule has 3 atom stereocenters. The number of amides is 2. The minimum absolute atomic E-state index is 0.284. The normalized spacial score (nSPS) is 31.4. The van der Waals surface area contributed by atoms with E-state index in [4.69, 9.17) is 0 Å². The zero-order chi connectivity index (χ0) is 15.2. The molecule has 7 nitrogen and oxygen atoms in total. The molecule has 0 bridgehead atoms. The first-order chi connectivity index (χ1) is 8.47. The summed E-state index contributed by atoms with van der Waals surface area (Å²) in [7, 11) is 2.99. The third kappa shape index (κ3) is 2.06. The molecule has 1 saturated heterocycles. The fourth-order valence-electron chi connectivity index (χ4n) is 2.85. The van der Waals surface area contributed by atoms with Gasteiger partial charge in [-0.1, -0.05) is 20.8 Å². The lowest BCUT2D eigenvalue weighted by Crippen LogP contribution is -2.68. The molecule has 110 valence electrons. The SMILES string of the molecule is CN(C)C(=O)[C@]1(C(C)(C)C)C(O)C(O)CN1C(=O)O. The number of β-amino-alcohol motifs (C(OH)–C–C–N with tert-alkyl or cyclic N) is 1. The molecule has 1 aliphatic rings. The van der Waals surface area contributed by atoms with Crippen molar-refractivity contribution in [1.82, 2.24) is 9.80 Å². The third-order valence-corrected chi connectivity index (χ3v) is 3.69. The Morgan fingerprint density at radius 3 is 2.05 bits per heavy atom. The molecule has 1 aliphatic heterocycles. The number of carboxylic acid groups (broad SMARTS) is 1. The molecular formula is C12H22N2O5. The largest absolute Gasteiger partial charge is 0.465 e. The predicted octanol–water partition coefficient (Wildman–Crippen LogP) is -0.425. The number of rotatable bonds is 1. The summed E-state index contributed by atoms with van der Waals surface area (Å²) in [6.45, 7) is 4.73. The van der Waals surface area contributed by atoms with Crippen molar-refractivity contribution in [2.45, 2.75) is 38.5 Å². The van der Waals surface area contributed by atoms with Crippen LogP contribution in [-0.2, 0) is 4.79 Å². The van der Waals surface area contributed by atoms with Crippen molar-refractivity contribution >= 4 is 12.0 Å². The lowest BCUT2D eigenvalue weighted by molar-refractivity contribution is -0.156. The van der Waals surface area contributed by atoms with Gasteiger partial charge in [0.25, 0.3) is 5.91 Å². The van der Waals surface area contributed by atoms with Crippen molar-refractivity contribution in [2.75, 3.05) is 20.6 Å². The minimum Gasteiger partial charge on any atom is -0.465 e. The number of carbonyl (C=O) groups excluding carboxylic acids is 1. The van der Waals surface area contributed by atoms with Gasteiger partial charge in [0, 0.05) is 14.1 Å². The summed E-state index contributed by atoms with van der Waals surface area (Å²) in [6, 6.07) is 0. The van der Waals surface area contributed by atoms with E-state index in [0.717, 1.165) is 4.90 Å². The second-order valence-electron chi connectivity index (χ2n) is 6.12. The Balaban J connectivity index is 3.52. The molecule has 1 rings (SSSR count). The molecule has 0 aromatic carbocycles. The molecule has 2 unspecified atom stereocenters. The Kier molecular flexibility index (Phi) is 3.84. The van der Waals surface area contributed by atoms with E-state index in [1.807, 2.05) is 0 Å².